The quantitative estimate of drug-likeness (QED) is 0.220. The summed E-state index contributed by atoms with van der Waals surface area (Å²) >= 11 is 0. The van der Waals surface area contributed by atoms with E-state index >= 15 is 0 Å². The molecule has 1 aliphatic rings. The molecule has 1 fully saturated rings. The number of rotatable bonds is 7. The van der Waals surface area contributed by atoms with Crippen LogP contribution in [0.2, 0.25) is 0 Å². The van der Waals surface area contributed by atoms with Crippen molar-refractivity contribution in [3.63, 3.8) is 0 Å². The average molecular weight is 520 g/mol. The number of methoxy groups -OCH3 is 2. The first-order chi connectivity index (χ1) is 11.8. The van der Waals surface area contributed by atoms with E-state index in [1.807, 2.05) is 32.1 Å². The van der Waals surface area contributed by atoms with Crippen LogP contribution in [0, 0.1) is 64.4 Å². The zero-order valence-electron chi connectivity index (χ0n) is 14.2. The Labute approximate surface area is 165 Å². The van der Waals surface area contributed by atoms with Crippen molar-refractivity contribution < 1.29 is 54.0 Å². The zero-order chi connectivity index (χ0) is 19.6. The van der Waals surface area contributed by atoms with E-state index in [-0.39, 0.29) is 40.8 Å². The standard InChI is InChI=1S/C9H15O4.C5H5.3CO.W/c1-5-9(13-7-11-4)8(2)12-6-10-3;1-2-4-5-3-1;3*1-2;/h8-9H,6-7H2,2-4H3;1-5H;;;;/q-1;;;;;+2/t8-,9+;;;;;/m0...../s1. The van der Waals surface area contributed by atoms with Crippen molar-refractivity contribution in [1.82, 2.24) is 0 Å². The molecule has 0 amide bonds. The van der Waals surface area contributed by atoms with Gasteiger partial charge in [0.15, 0.2) is 0 Å². The van der Waals surface area contributed by atoms with Crippen LogP contribution >= 0.6 is 0 Å². The van der Waals surface area contributed by atoms with Crippen molar-refractivity contribution >= 4 is 0 Å². The van der Waals surface area contributed by atoms with Gasteiger partial charge in [0.25, 0.3) is 0 Å². The Hall–Kier alpha value is -0.692. The SMILES string of the molecule is [C-]#C[C@@H](OCOC)[C@H](C)OCOC.[C-]#[O+].[C-]#[O+].[C-]#[O+].[CH]1[CH][CH][CH][CH]1.[W+2]. The third-order valence-electron chi connectivity index (χ3n) is 1.94. The Morgan fingerprint density at radius 3 is 1.40 bits per heavy atom. The van der Waals surface area contributed by atoms with Crippen LogP contribution < -0.4 is 0 Å². The van der Waals surface area contributed by atoms with E-state index in [9.17, 15) is 0 Å². The van der Waals surface area contributed by atoms with Crippen LogP contribution in [0.1, 0.15) is 6.92 Å². The van der Waals surface area contributed by atoms with Gasteiger partial charge < -0.3 is 31.3 Å². The first-order valence-electron chi connectivity index (χ1n) is 6.17. The number of hydrogen-bond donors (Lipinski definition) is 0. The van der Waals surface area contributed by atoms with Crippen LogP contribution in [-0.2, 0) is 54.0 Å². The van der Waals surface area contributed by atoms with Gasteiger partial charge in [-0.05, 0) is 39.0 Å². The molecule has 0 bridgehead atoms. The summed E-state index contributed by atoms with van der Waals surface area (Å²) in [7, 11) is 3.05. The van der Waals surface area contributed by atoms with E-state index in [0.717, 1.165) is 0 Å². The van der Waals surface area contributed by atoms with Crippen molar-refractivity contribution in [2.24, 2.45) is 0 Å². The molecular formula is C17H20O7W+. The van der Waals surface area contributed by atoms with Crippen molar-refractivity contribution in [3.05, 3.63) is 58.5 Å². The Kier molecular flexibility index (Phi) is 54.9. The van der Waals surface area contributed by atoms with Crippen molar-refractivity contribution in [2.45, 2.75) is 19.1 Å². The van der Waals surface area contributed by atoms with Crippen molar-refractivity contribution in [2.75, 3.05) is 27.8 Å². The Morgan fingerprint density at radius 1 is 0.800 bits per heavy atom. The molecule has 1 saturated carbocycles. The maximum absolute atomic E-state index is 7.50. The van der Waals surface area contributed by atoms with Crippen molar-refractivity contribution in [1.29, 1.82) is 0 Å². The minimum atomic E-state index is -0.518. The van der Waals surface area contributed by atoms with Gasteiger partial charge >= 0.3 is 55.0 Å². The van der Waals surface area contributed by atoms with Gasteiger partial charge in [-0.1, -0.05) is 0 Å². The molecule has 2 atom stereocenters. The molecule has 0 aromatic carbocycles. The fraction of sp³-hybridized carbons (Fsp3) is 0.412. The Bertz CT molecular complexity index is 297. The summed E-state index contributed by atoms with van der Waals surface area (Å²) in [5.41, 5.74) is 0. The molecule has 0 aliphatic heterocycles. The van der Waals surface area contributed by atoms with Gasteiger partial charge in [0, 0.05) is 14.2 Å². The summed E-state index contributed by atoms with van der Waals surface area (Å²) in [6, 6.07) is 0. The van der Waals surface area contributed by atoms with Gasteiger partial charge in [0.2, 0.25) is 0 Å². The maximum atomic E-state index is 7.50. The third-order valence-corrected chi connectivity index (χ3v) is 1.94. The summed E-state index contributed by atoms with van der Waals surface area (Å²) in [4.78, 5) is 0. The molecule has 1 aliphatic carbocycles. The smallest absolute Gasteiger partial charge is 0.0312 e. The minimum Gasteiger partial charge on any atom is -0.0312 e. The first-order valence-corrected chi connectivity index (χ1v) is 6.17. The number of ether oxygens (including phenoxy) is 4. The molecule has 0 saturated heterocycles. The normalized spacial score (nSPS) is 12.8. The maximum Gasteiger partial charge on any atom is 2.00 e. The van der Waals surface area contributed by atoms with Gasteiger partial charge in [0.05, 0.1) is 6.10 Å². The molecule has 0 heterocycles. The molecule has 25 heavy (non-hydrogen) atoms. The predicted octanol–water partition coefficient (Wildman–Crippen LogP) is 1.48. The van der Waals surface area contributed by atoms with Crippen LogP contribution in [0.3, 0.4) is 0 Å². The monoisotopic (exact) mass is 520 g/mol. The van der Waals surface area contributed by atoms with Crippen LogP contribution in [0.5, 0.6) is 0 Å². The van der Waals surface area contributed by atoms with Gasteiger partial charge in [-0.2, -0.15) is 0 Å². The van der Waals surface area contributed by atoms with Gasteiger partial charge in [-0.15, -0.1) is 0 Å². The molecule has 0 N–H and O–H groups in total. The van der Waals surface area contributed by atoms with Crippen molar-refractivity contribution in [3.8, 4) is 5.92 Å². The molecule has 0 unspecified atom stereocenters. The second-order valence-electron chi connectivity index (χ2n) is 3.38. The van der Waals surface area contributed by atoms with Gasteiger partial charge in [-0.3, -0.25) is 0 Å². The molecule has 8 heteroatoms. The fourth-order valence-corrected chi connectivity index (χ4v) is 1.02. The topological polar surface area (TPSA) is 96.6 Å². The summed E-state index contributed by atoms with van der Waals surface area (Å²) in [5.74, 6) is 2.21. The van der Waals surface area contributed by atoms with Crippen LogP contribution in [0.4, 0.5) is 0 Å². The van der Waals surface area contributed by atoms with Gasteiger partial charge in [-0.25, -0.2) is 0 Å². The summed E-state index contributed by atoms with van der Waals surface area (Å²) in [5, 5.41) is 0. The second-order valence-corrected chi connectivity index (χ2v) is 3.38. The van der Waals surface area contributed by atoms with Crippen LogP contribution in [0.15, 0.2) is 0 Å². The van der Waals surface area contributed by atoms with Crippen LogP contribution in [0.25, 0.3) is 0 Å². The third kappa shape index (κ3) is 31.6. The largest absolute Gasteiger partial charge is 2.00 e. The molecule has 1 rings (SSSR count). The first kappa shape index (κ1) is 35.4. The Morgan fingerprint density at radius 2 is 1.12 bits per heavy atom. The summed E-state index contributed by atoms with van der Waals surface area (Å²) in [6.45, 7) is 15.6. The summed E-state index contributed by atoms with van der Waals surface area (Å²) < 4.78 is 42.2. The fourth-order valence-electron chi connectivity index (χ4n) is 1.02. The van der Waals surface area contributed by atoms with E-state index in [4.69, 9.17) is 39.3 Å². The van der Waals surface area contributed by atoms with Crippen LogP contribution in [-0.4, -0.2) is 40.0 Å². The van der Waals surface area contributed by atoms with E-state index in [0.29, 0.717) is 0 Å². The van der Waals surface area contributed by atoms with E-state index < -0.39 is 6.10 Å². The zero-order valence-corrected chi connectivity index (χ0v) is 17.2. The molecule has 0 aromatic heterocycles. The van der Waals surface area contributed by atoms with E-state index in [2.05, 4.69) is 25.9 Å². The molecule has 0 spiro atoms. The molecule has 135 valence electrons. The predicted molar refractivity (Wildman–Crippen MR) is 79.6 cm³/mol. The molecule has 7 nitrogen and oxygen atoms in total. The van der Waals surface area contributed by atoms with E-state index in [1.165, 1.54) is 14.2 Å². The van der Waals surface area contributed by atoms with E-state index in [1.54, 1.807) is 6.92 Å². The minimum absolute atomic E-state index is 0. The van der Waals surface area contributed by atoms with Gasteiger partial charge in [0.1, 0.15) is 19.7 Å². The average Bonchev–Trinajstić information content (AvgIpc) is 3.25. The molecule has 0 aromatic rings. The molecular weight excluding hydrogens is 500 g/mol. The molecule has 5 radical (unpaired) electrons. The Balaban J connectivity index is -0.0000000920. The number of hydrogen-bond acceptors (Lipinski definition) is 4. The second kappa shape index (κ2) is 38.7. The summed E-state index contributed by atoms with van der Waals surface area (Å²) in [6.07, 6.45) is 16.2.